The maximum absolute atomic E-state index is 11.2. The molecule has 1 aliphatic rings. The molecule has 1 aromatic carbocycles. The number of nitrogen functional groups attached to an aromatic ring is 1. The summed E-state index contributed by atoms with van der Waals surface area (Å²) < 4.78 is 22.5. The van der Waals surface area contributed by atoms with Crippen molar-refractivity contribution in [3.8, 4) is 0 Å². The minimum Gasteiger partial charge on any atom is -0.398 e. The van der Waals surface area contributed by atoms with Crippen molar-refractivity contribution in [1.29, 1.82) is 0 Å². The van der Waals surface area contributed by atoms with Crippen LogP contribution in [0.2, 0.25) is 0 Å². The van der Waals surface area contributed by atoms with E-state index in [-0.39, 0.29) is 22.7 Å². The molecule has 6 nitrogen and oxygen atoms in total. The van der Waals surface area contributed by atoms with E-state index in [9.17, 15) is 13.5 Å². The Bertz CT molecular complexity index is 551. The van der Waals surface area contributed by atoms with Crippen molar-refractivity contribution in [2.45, 2.75) is 42.7 Å². The van der Waals surface area contributed by atoms with Gasteiger partial charge in [-0.05, 0) is 43.9 Å². The molecular weight excluding hydrogens is 266 g/mol. The van der Waals surface area contributed by atoms with Gasteiger partial charge in [0.2, 0.25) is 10.0 Å². The van der Waals surface area contributed by atoms with Crippen LogP contribution in [0.25, 0.3) is 0 Å². The summed E-state index contributed by atoms with van der Waals surface area (Å²) in [6.45, 7) is 0. The SMILES string of the molecule is Nc1cc(NC2CCC(O)CC2)ccc1S(N)(=O)=O. The van der Waals surface area contributed by atoms with E-state index in [0.29, 0.717) is 0 Å². The lowest BCUT2D eigenvalue weighted by Gasteiger charge is -2.27. The minimum absolute atomic E-state index is 0.0582. The molecule has 0 aromatic heterocycles. The number of primary sulfonamides is 1. The lowest BCUT2D eigenvalue weighted by molar-refractivity contribution is 0.126. The number of nitrogens with two attached hydrogens (primary N) is 2. The van der Waals surface area contributed by atoms with Gasteiger partial charge in [0.15, 0.2) is 0 Å². The summed E-state index contributed by atoms with van der Waals surface area (Å²) in [4.78, 5) is -0.0582. The largest absolute Gasteiger partial charge is 0.398 e. The van der Waals surface area contributed by atoms with Gasteiger partial charge in [-0.1, -0.05) is 0 Å². The van der Waals surface area contributed by atoms with Gasteiger partial charge in [0.05, 0.1) is 11.8 Å². The maximum atomic E-state index is 11.2. The third-order valence-corrected chi connectivity index (χ3v) is 4.37. The number of hydrogen-bond acceptors (Lipinski definition) is 5. The van der Waals surface area contributed by atoms with Crippen LogP contribution in [0.1, 0.15) is 25.7 Å². The molecule has 0 saturated heterocycles. The smallest absolute Gasteiger partial charge is 0.240 e. The van der Waals surface area contributed by atoms with Gasteiger partial charge in [0, 0.05) is 11.7 Å². The first-order valence-corrected chi connectivity index (χ1v) is 7.78. The standard InChI is InChI=1S/C12H19N3O3S/c13-11-7-9(3-6-12(11)19(14,17)18)15-8-1-4-10(16)5-2-8/h3,6-8,10,15-16H,1-2,4-5,13H2,(H2,14,17,18). The third-order valence-electron chi connectivity index (χ3n) is 3.38. The van der Waals surface area contributed by atoms with Gasteiger partial charge >= 0.3 is 0 Å². The highest BCUT2D eigenvalue weighted by atomic mass is 32.2. The Morgan fingerprint density at radius 1 is 1.21 bits per heavy atom. The van der Waals surface area contributed by atoms with E-state index in [0.717, 1.165) is 31.4 Å². The molecule has 1 saturated carbocycles. The Balaban J connectivity index is 2.08. The number of sulfonamides is 1. The summed E-state index contributed by atoms with van der Waals surface area (Å²) in [6, 6.07) is 4.92. The number of benzene rings is 1. The number of aliphatic hydroxyl groups is 1. The average Bonchev–Trinajstić information content (AvgIpc) is 2.30. The van der Waals surface area contributed by atoms with Gasteiger partial charge in [-0.25, -0.2) is 13.6 Å². The van der Waals surface area contributed by atoms with E-state index in [4.69, 9.17) is 10.9 Å². The van der Waals surface area contributed by atoms with Crippen molar-refractivity contribution in [1.82, 2.24) is 0 Å². The van der Waals surface area contributed by atoms with Gasteiger partial charge in [0.1, 0.15) is 4.90 Å². The van der Waals surface area contributed by atoms with E-state index in [1.807, 2.05) is 0 Å². The zero-order valence-electron chi connectivity index (χ0n) is 10.5. The van der Waals surface area contributed by atoms with E-state index >= 15 is 0 Å². The van der Waals surface area contributed by atoms with Crippen LogP contribution >= 0.6 is 0 Å². The topological polar surface area (TPSA) is 118 Å². The molecule has 6 N–H and O–H groups in total. The fraction of sp³-hybridized carbons (Fsp3) is 0.500. The van der Waals surface area contributed by atoms with Gasteiger partial charge < -0.3 is 16.2 Å². The molecular formula is C12H19N3O3S. The quantitative estimate of drug-likeness (QED) is 0.607. The van der Waals surface area contributed by atoms with E-state index < -0.39 is 10.0 Å². The fourth-order valence-electron chi connectivity index (χ4n) is 2.35. The molecule has 1 fully saturated rings. The molecule has 0 radical (unpaired) electrons. The lowest BCUT2D eigenvalue weighted by atomic mass is 9.93. The predicted molar refractivity (Wildman–Crippen MR) is 74.1 cm³/mol. The summed E-state index contributed by atoms with van der Waals surface area (Å²) >= 11 is 0. The van der Waals surface area contributed by atoms with Crippen molar-refractivity contribution in [3.05, 3.63) is 18.2 Å². The van der Waals surface area contributed by atoms with Crippen LogP contribution in [0.4, 0.5) is 11.4 Å². The highest BCUT2D eigenvalue weighted by Crippen LogP contribution is 2.25. The molecule has 2 rings (SSSR count). The fourth-order valence-corrected chi connectivity index (χ4v) is 3.00. The van der Waals surface area contributed by atoms with Gasteiger partial charge in [-0.15, -0.1) is 0 Å². The molecule has 1 aliphatic carbocycles. The van der Waals surface area contributed by atoms with Crippen molar-refractivity contribution < 1.29 is 13.5 Å². The van der Waals surface area contributed by atoms with Crippen LogP contribution < -0.4 is 16.2 Å². The Hall–Kier alpha value is -1.31. The second-order valence-corrected chi connectivity index (χ2v) is 6.48. The first-order chi connectivity index (χ1) is 8.86. The van der Waals surface area contributed by atoms with E-state index in [1.54, 1.807) is 12.1 Å². The highest BCUT2D eigenvalue weighted by molar-refractivity contribution is 7.89. The lowest BCUT2D eigenvalue weighted by Crippen LogP contribution is -2.28. The van der Waals surface area contributed by atoms with Gasteiger partial charge in [-0.3, -0.25) is 0 Å². The molecule has 106 valence electrons. The van der Waals surface area contributed by atoms with Crippen molar-refractivity contribution in [2.24, 2.45) is 5.14 Å². The Kier molecular flexibility index (Phi) is 3.98. The monoisotopic (exact) mass is 285 g/mol. The number of hydrogen-bond donors (Lipinski definition) is 4. The second kappa shape index (κ2) is 5.36. The Morgan fingerprint density at radius 2 is 1.84 bits per heavy atom. The van der Waals surface area contributed by atoms with Crippen molar-refractivity contribution in [2.75, 3.05) is 11.1 Å². The van der Waals surface area contributed by atoms with Crippen LogP contribution in [0.5, 0.6) is 0 Å². The zero-order chi connectivity index (χ0) is 14.0. The Labute approximate surface area is 112 Å². The number of aliphatic hydroxyl groups excluding tert-OH is 1. The summed E-state index contributed by atoms with van der Waals surface area (Å²) in [5.41, 5.74) is 6.61. The maximum Gasteiger partial charge on any atom is 0.240 e. The highest BCUT2D eigenvalue weighted by Gasteiger charge is 2.19. The molecule has 7 heteroatoms. The normalized spacial score (nSPS) is 24.1. The van der Waals surface area contributed by atoms with E-state index in [1.165, 1.54) is 6.07 Å². The zero-order valence-corrected chi connectivity index (χ0v) is 11.4. The molecule has 1 aromatic rings. The summed E-state index contributed by atoms with van der Waals surface area (Å²) in [5.74, 6) is 0. The molecule has 0 atom stereocenters. The number of nitrogens with one attached hydrogen (secondary N) is 1. The van der Waals surface area contributed by atoms with Crippen LogP contribution in [0, 0.1) is 0 Å². The molecule has 0 heterocycles. The second-order valence-electron chi connectivity index (χ2n) is 4.95. The molecule has 0 spiro atoms. The molecule has 0 bridgehead atoms. The summed E-state index contributed by atoms with van der Waals surface area (Å²) in [7, 11) is -3.78. The van der Waals surface area contributed by atoms with Crippen LogP contribution in [-0.2, 0) is 10.0 Å². The van der Waals surface area contributed by atoms with Crippen molar-refractivity contribution in [3.63, 3.8) is 0 Å². The predicted octanol–water partition coefficient (Wildman–Crippen LogP) is 0.632. The summed E-state index contributed by atoms with van der Waals surface area (Å²) in [5, 5.41) is 17.8. The summed E-state index contributed by atoms with van der Waals surface area (Å²) in [6.07, 6.45) is 3.13. The Morgan fingerprint density at radius 3 is 2.37 bits per heavy atom. The molecule has 19 heavy (non-hydrogen) atoms. The van der Waals surface area contributed by atoms with Crippen molar-refractivity contribution >= 4 is 21.4 Å². The van der Waals surface area contributed by atoms with Gasteiger partial charge in [0.25, 0.3) is 0 Å². The van der Waals surface area contributed by atoms with Crippen LogP contribution in [-0.4, -0.2) is 25.7 Å². The molecule has 0 unspecified atom stereocenters. The number of rotatable bonds is 3. The first kappa shape index (κ1) is 14.1. The third kappa shape index (κ3) is 3.59. The number of anilines is 2. The first-order valence-electron chi connectivity index (χ1n) is 6.23. The molecule has 0 aliphatic heterocycles. The minimum atomic E-state index is -3.78. The van der Waals surface area contributed by atoms with Gasteiger partial charge in [-0.2, -0.15) is 0 Å². The molecule has 0 amide bonds. The van der Waals surface area contributed by atoms with Crippen LogP contribution in [0.15, 0.2) is 23.1 Å². The average molecular weight is 285 g/mol. The van der Waals surface area contributed by atoms with Crippen LogP contribution in [0.3, 0.4) is 0 Å². The van der Waals surface area contributed by atoms with E-state index in [2.05, 4.69) is 5.32 Å².